The van der Waals surface area contributed by atoms with Gasteiger partial charge in [-0.3, -0.25) is 0 Å². The van der Waals surface area contributed by atoms with Crippen molar-refractivity contribution in [1.29, 1.82) is 0 Å². The topological polar surface area (TPSA) is 39.2 Å². The van der Waals surface area contributed by atoms with Crippen molar-refractivity contribution < 1.29 is 4.42 Å². The smallest absolute Gasteiger partial charge is 0.165 e. The van der Waals surface area contributed by atoms with E-state index in [0.717, 1.165) is 16.5 Å². The first-order chi connectivity index (χ1) is 9.82. The van der Waals surface area contributed by atoms with E-state index < -0.39 is 0 Å². The Hall–Kier alpha value is -2.34. The van der Waals surface area contributed by atoms with Crippen molar-refractivity contribution in [1.82, 2.24) is 0 Å². The average molecular weight is 277 g/mol. The molecule has 0 atom stereocenters. The molecule has 0 aliphatic heterocycles. The SMILES string of the molecule is B/C(N)=c1\oc(-c2ccc(C(C)(C)C)cc2)c\c1=C\C#C. The van der Waals surface area contributed by atoms with Gasteiger partial charge in [-0.25, -0.2) is 0 Å². The molecule has 0 unspecified atom stereocenters. The van der Waals surface area contributed by atoms with E-state index in [1.807, 2.05) is 6.07 Å². The second kappa shape index (κ2) is 5.57. The molecule has 0 fully saturated rings. The molecule has 106 valence electrons. The van der Waals surface area contributed by atoms with Crippen LogP contribution in [0.25, 0.3) is 23.0 Å². The van der Waals surface area contributed by atoms with Crippen LogP contribution < -0.4 is 16.4 Å². The molecule has 21 heavy (non-hydrogen) atoms. The lowest BCUT2D eigenvalue weighted by Gasteiger charge is -2.18. The normalized spacial score (nSPS) is 13.9. The van der Waals surface area contributed by atoms with Crippen LogP contribution in [-0.2, 0) is 5.41 Å². The summed E-state index contributed by atoms with van der Waals surface area (Å²) >= 11 is 0. The highest BCUT2D eigenvalue weighted by atomic mass is 16.3. The lowest BCUT2D eigenvalue weighted by Crippen LogP contribution is -2.25. The lowest BCUT2D eigenvalue weighted by molar-refractivity contribution is 0.543. The fourth-order valence-electron chi connectivity index (χ4n) is 2.19. The Morgan fingerprint density at radius 3 is 2.38 bits per heavy atom. The first-order valence-corrected chi connectivity index (χ1v) is 6.96. The van der Waals surface area contributed by atoms with Crippen LogP contribution in [-0.4, -0.2) is 7.85 Å². The Bertz CT molecular complexity index is 795. The van der Waals surface area contributed by atoms with Crippen molar-refractivity contribution in [2.45, 2.75) is 26.2 Å². The van der Waals surface area contributed by atoms with Gasteiger partial charge in [-0.05, 0) is 23.1 Å². The molecule has 1 aromatic carbocycles. The van der Waals surface area contributed by atoms with E-state index in [2.05, 4.69) is 51.0 Å². The van der Waals surface area contributed by atoms with Crippen LogP contribution in [0.4, 0.5) is 0 Å². The van der Waals surface area contributed by atoms with Crippen LogP contribution in [0.2, 0.25) is 0 Å². The van der Waals surface area contributed by atoms with Gasteiger partial charge < -0.3 is 10.2 Å². The molecule has 1 heterocycles. The van der Waals surface area contributed by atoms with Crippen molar-refractivity contribution in [3.8, 4) is 23.7 Å². The van der Waals surface area contributed by atoms with Gasteiger partial charge in [0.05, 0.1) is 0 Å². The van der Waals surface area contributed by atoms with Gasteiger partial charge in [0.25, 0.3) is 0 Å². The molecule has 0 saturated carbocycles. The number of terminal acetylenes is 1. The van der Waals surface area contributed by atoms with Gasteiger partial charge in [0.15, 0.2) is 7.85 Å². The molecule has 3 heteroatoms. The van der Waals surface area contributed by atoms with E-state index in [9.17, 15) is 0 Å². The number of nitrogens with two attached hydrogens (primary N) is 1. The Kier molecular flexibility index (Phi) is 4.00. The van der Waals surface area contributed by atoms with Crippen LogP contribution in [0, 0.1) is 12.3 Å². The lowest BCUT2D eigenvalue weighted by atomic mass is 9.86. The molecule has 0 bridgehead atoms. The van der Waals surface area contributed by atoms with Crippen LogP contribution in [0.5, 0.6) is 0 Å². The summed E-state index contributed by atoms with van der Waals surface area (Å²) in [5.41, 5.74) is 9.55. The van der Waals surface area contributed by atoms with Gasteiger partial charge in [-0.2, -0.15) is 0 Å². The maximum Gasteiger partial charge on any atom is 0.165 e. The van der Waals surface area contributed by atoms with E-state index in [1.165, 1.54) is 5.56 Å². The molecule has 2 rings (SSSR count). The number of furan rings is 1. The van der Waals surface area contributed by atoms with Crippen LogP contribution in [0.1, 0.15) is 26.3 Å². The summed E-state index contributed by atoms with van der Waals surface area (Å²) in [6.07, 6.45) is 7.02. The van der Waals surface area contributed by atoms with Gasteiger partial charge in [0.2, 0.25) is 0 Å². The van der Waals surface area contributed by atoms with Crippen molar-refractivity contribution >= 4 is 19.5 Å². The van der Waals surface area contributed by atoms with Crippen molar-refractivity contribution in [3.63, 3.8) is 0 Å². The van der Waals surface area contributed by atoms with Crippen LogP contribution in [0.15, 0.2) is 34.7 Å². The highest BCUT2D eigenvalue weighted by Crippen LogP contribution is 2.25. The molecule has 0 saturated heterocycles. The molecule has 0 spiro atoms. The largest absolute Gasteiger partial charge is 0.455 e. The number of rotatable bonds is 1. The molecule has 2 N–H and O–H groups in total. The third-order valence-electron chi connectivity index (χ3n) is 3.39. The predicted molar refractivity (Wildman–Crippen MR) is 91.5 cm³/mol. The molecular weight excluding hydrogens is 257 g/mol. The fourth-order valence-corrected chi connectivity index (χ4v) is 2.19. The summed E-state index contributed by atoms with van der Waals surface area (Å²) in [6.45, 7) is 6.58. The number of hydrogen-bond donors (Lipinski definition) is 1. The predicted octanol–water partition coefficient (Wildman–Crippen LogP) is 1.32. The van der Waals surface area contributed by atoms with Gasteiger partial charge in [-0.15, -0.1) is 6.42 Å². The van der Waals surface area contributed by atoms with Gasteiger partial charge >= 0.3 is 0 Å². The number of benzene rings is 1. The Morgan fingerprint density at radius 2 is 1.90 bits per heavy atom. The molecule has 1 aromatic heterocycles. The molecule has 2 nitrogen and oxygen atoms in total. The monoisotopic (exact) mass is 277 g/mol. The summed E-state index contributed by atoms with van der Waals surface area (Å²) in [4.78, 5) is 0. The fraction of sp³-hybridized carbons (Fsp3) is 0.222. The van der Waals surface area contributed by atoms with Crippen LogP contribution in [0.3, 0.4) is 0 Å². The van der Waals surface area contributed by atoms with Gasteiger partial charge in [-0.1, -0.05) is 51.0 Å². The van der Waals surface area contributed by atoms with E-state index in [4.69, 9.17) is 16.6 Å². The zero-order chi connectivity index (χ0) is 15.6. The third kappa shape index (κ3) is 3.22. The van der Waals surface area contributed by atoms with Gasteiger partial charge in [0, 0.05) is 16.4 Å². The Labute approximate surface area is 126 Å². The van der Waals surface area contributed by atoms with E-state index >= 15 is 0 Å². The maximum atomic E-state index is 5.85. The standard InChI is InChI=1S/C18H20BNO/c1-5-6-13-11-15(21-16(13)17(19)20)12-7-9-14(10-8-12)18(2,3)4/h1,6-11H,19-20H2,2-4H3/b13-6-,17-16+. The zero-order valence-corrected chi connectivity index (χ0v) is 13.0. The first-order valence-electron chi connectivity index (χ1n) is 6.96. The summed E-state index contributed by atoms with van der Waals surface area (Å²) in [6, 6.07) is 10.3. The van der Waals surface area contributed by atoms with Crippen LogP contribution >= 0.6 is 0 Å². The second-order valence-electron chi connectivity index (χ2n) is 6.22. The van der Waals surface area contributed by atoms with Crippen molar-refractivity contribution in [2.75, 3.05) is 0 Å². The quantitative estimate of drug-likeness (QED) is 0.630. The van der Waals surface area contributed by atoms with Gasteiger partial charge in [0.1, 0.15) is 11.2 Å². The van der Waals surface area contributed by atoms with Crippen molar-refractivity contribution in [2.24, 2.45) is 5.73 Å². The molecule has 0 amide bonds. The minimum absolute atomic E-state index is 0.136. The molecule has 0 aliphatic rings. The maximum absolute atomic E-state index is 5.85. The van der Waals surface area contributed by atoms with Crippen molar-refractivity contribution in [3.05, 3.63) is 46.5 Å². The molecule has 0 aliphatic carbocycles. The second-order valence-corrected chi connectivity index (χ2v) is 6.22. The third-order valence-corrected chi connectivity index (χ3v) is 3.39. The molecule has 0 radical (unpaired) electrons. The average Bonchev–Trinajstić information content (AvgIpc) is 2.82. The van der Waals surface area contributed by atoms with E-state index in [-0.39, 0.29) is 5.41 Å². The summed E-state index contributed by atoms with van der Waals surface area (Å²) in [7, 11) is 1.80. The van der Waals surface area contributed by atoms with E-state index in [1.54, 1.807) is 13.9 Å². The molecule has 2 aromatic rings. The Balaban J connectivity index is 2.55. The molecular formula is C18H20BNO. The first kappa shape index (κ1) is 15.1. The summed E-state index contributed by atoms with van der Waals surface area (Å²) in [5.74, 6) is 3.29. The highest BCUT2D eigenvalue weighted by molar-refractivity contribution is 6.37. The zero-order valence-electron chi connectivity index (χ0n) is 13.0. The van der Waals surface area contributed by atoms with E-state index in [0.29, 0.717) is 11.0 Å². The Morgan fingerprint density at radius 1 is 1.29 bits per heavy atom. The minimum Gasteiger partial charge on any atom is -0.455 e. The summed E-state index contributed by atoms with van der Waals surface area (Å²) < 4.78 is 5.85. The summed E-state index contributed by atoms with van der Waals surface area (Å²) in [5, 5.41) is 0.840. The number of hydrogen-bond acceptors (Lipinski definition) is 2. The highest BCUT2D eigenvalue weighted by Gasteiger charge is 2.13. The minimum atomic E-state index is 0.136.